The zero-order valence-electron chi connectivity index (χ0n) is 13.7. The molecule has 0 amide bonds. The van der Waals surface area contributed by atoms with Gasteiger partial charge in [0, 0.05) is 0 Å². The van der Waals surface area contributed by atoms with E-state index in [-0.39, 0.29) is 6.61 Å². The predicted molar refractivity (Wildman–Crippen MR) is 87.3 cm³/mol. The van der Waals surface area contributed by atoms with Crippen LogP contribution >= 0.6 is 11.8 Å². The second kappa shape index (κ2) is 7.27. The maximum absolute atomic E-state index is 10.8. The van der Waals surface area contributed by atoms with Gasteiger partial charge in [0.25, 0.3) is 0 Å². The van der Waals surface area contributed by atoms with Gasteiger partial charge >= 0.3 is 0 Å². The van der Waals surface area contributed by atoms with Crippen molar-refractivity contribution in [2.75, 3.05) is 12.9 Å². The summed E-state index contributed by atoms with van der Waals surface area (Å²) >= 11 is 1.30. The van der Waals surface area contributed by atoms with Crippen LogP contribution in [-0.4, -0.2) is 72.0 Å². The van der Waals surface area contributed by atoms with Gasteiger partial charge in [-0.05, 0) is 19.1 Å². The standard InChI is InChI=1S/C15H25N3O5S/c1-24-14-13(21)11(12(20)9(8-19)23-14)18-7-10(16-17-18)15(22)5-3-2-4-6-15/h7,9,11-14,19-22H,2-6,8H2,1H3/t9?,11-,12-,13?,14-/m0/s1. The van der Waals surface area contributed by atoms with Crippen LogP contribution in [0.2, 0.25) is 0 Å². The lowest BCUT2D eigenvalue weighted by atomic mass is 9.83. The molecule has 0 radical (unpaired) electrons. The van der Waals surface area contributed by atoms with E-state index in [2.05, 4.69) is 10.3 Å². The van der Waals surface area contributed by atoms with E-state index >= 15 is 0 Å². The SMILES string of the molecule is CS[C@@H]1OC(CO)[C@H](O)[C@H](n2cc(C3(O)CCCCC3)nn2)C1O. The van der Waals surface area contributed by atoms with E-state index in [1.807, 2.05) is 0 Å². The molecule has 24 heavy (non-hydrogen) atoms. The Morgan fingerprint density at radius 2 is 2.00 bits per heavy atom. The van der Waals surface area contributed by atoms with Crippen LogP contribution in [0.3, 0.4) is 0 Å². The third kappa shape index (κ3) is 3.21. The minimum atomic E-state index is -1.12. The normalized spacial score (nSPS) is 36.6. The molecule has 2 aliphatic rings. The molecule has 1 aromatic heterocycles. The molecular weight excluding hydrogens is 334 g/mol. The van der Waals surface area contributed by atoms with E-state index in [1.165, 1.54) is 16.4 Å². The largest absolute Gasteiger partial charge is 0.394 e. The summed E-state index contributed by atoms with van der Waals surface area (Å²) in [5, 5.41) is 49.3. The van der Waals surface area contributed by atoms with Crippen LogP contribution in [0, 0.1) is 0 Å². The summed E-state index contributed by atoms with van der Waals surface area (Å²) in [7, 11) is 0. The average Bonchev–Trinajstić information content (AvgIpc) is 3.06. The first-order valence-electron chi connectivity index (χ1n) is 8.30. The van der Waals surface area contributed by atoms with Crippen molar-refractivity contribution in [3.8, 4) is 0 Å². The number of hydrogen-bond acceptors (Lipinski definition) is 8. The van der Waals surface area contributed by atoms with E-state index in [4.69, 9.17) is 4.74 Å². The Kier molecular flexibility index (Phi) is 5.48. The number of thioether (sulfide) groups is 1. The molecule has 136 valence electrons. The summed E-state index contributed by atoms with van der Waals surface area (Å²) < 4.78 is 6.90. The first-order valence-corrected chi connectivity index (χ1v) is 9.59. The molecule has 1 aliphatic heterocycles. The molecule has 1 aromatic rings. The molecule has 1 aliphatic carbocycles. The number of rotatable bonds is 4. The quantitative estimate of drug-likeness (QED) is 0.582. The fourth-order valence-corrected chi connectivity index (χ4v) is 4.30. The first-order chi connectivity index (χ1) is 11.5. The van der Waals surface area contributed by atoms with Crippen LogP contribution in [0.15, 0.2) is 6.20 Å². The number of ether oxygens (including phenoxy) is 1. The highest BCUT2D eigenvalue weighted by Crippen LogP contribution is 2.38. The molecule has 4 N–H and O–H groups in total. The maximum Gasteiger partial charge on any atom is 0.131 e. The number of nitrogens with zero attached hydrogens (tertiary/aromatic N) is 3. The molecule has 2 heterocycles. The Bertz CT molecular complexity index is 535. The smallest absolute Gasteiger partial charge is 0.131 e. The van der Waals surface area contributed by atoms with Gasteiger partial charge in [0.2, 0.25) is 0 Å². The molecule has 8 nitrogen and oxygen atoms in total. The lowest BCUT2D eigenvalue weighted by Gasteiger charge is -2.41. The summed E-state index contributed by atoms with van der Waals surface area (Å²) in [6.45, 7) is -0.354. The predicted octanol–water partition coefficient (Wildman–Crippen LogP) is -0.227. The summed E-state index contributed by atoms with van der Waals surface area (Å²) in [5.74, 6) is 0. The van der Waals surface area contributed by atoms with Crippen molar-refractivity contribution in [1.82, 2.24) is 15.0 Å². The lowest BCUT2D eigenvalue weighted by molar-refractivity contribution is -0.178. The van der Waals surface area contributed by atoms with Gasteiger partial charge < -0.3 is 25.2 Å². The number of aromatic nitrogens is 3. The van der Waals surface area contributed by atoms with Crippen molar-refractivity contribution < 1.29 is 25.2 Å². The average molecular weight is 359 g/mol. The Morgan fingerprint density at radius 3 is 2.62 bits per heavy atom. The molecule has 3 rings (SSSR count). The molecule has 5 atom stereocenters. The number of aliphatic hydroxyl groups excluding tert-OH is 3. The topological polar surface area (TPSA) is 121 Å². The summed E-state index contributed by atoms with van der Waals surface area (Å²) in [6.07, 6.45) is 4.70. The van der Waals surface area contributed by atoms with E-state index in [9.17, 15) is 20.4 Å². The molecule has 0 spiro atoms. The Labute approximate surface area is 144 Å². The molecule has 2 unspecified atom stereocenters. The lowest BCUT2D eigenvalue weighted by Crippen LogP contribution is -2.54. The highest BCUT2D eigenvalue weighted by molar-refractivity contribution is 7.99. The molecule has 0 aromatic carbocycles. The van der Waals surface area contributed by atoms with Crippen molar-refractivity contribution in [3.05, 3.63) is 11.9 Å². The maximum atomic E-state index is 10.8. The van der Waals surface area contributed by atoms with E-state index < -0.39 is 35.4 Å². The van der Waals surface area contributed by atoms with Gasteiger partial charge in [-0.3, -0.25) is 0 Å². The molecule has 0 bridgehead atoms. The molecule has 1 saturated carbocycles. The summed E-state index contributed by atoms with van der Waals surface area (Å²) in [4.78, 5) is 0. The van der Waals surface area contributed by atoms with E-state index in [0.29, 0.717) is 18.5 Å². The van der Waals surface area contributed by atoms with Gasteiger partial charge in [-0.15, -0.1) is 16.9 Å². The highest BCUT2D eigenvalue weighted by atomic mass is 32.2. The fourth-order valence-electron chi connectivity index (χ4n) is 3.60. The minimum Gasteiger partial charge on any atom is -0.394 e. The Morgan fingerprint density at radius 1 is 1.29 bits per heavy atom. The second-order valence-corrected chi connectivity index (χ2v) is 7.55. The third-order valence-corrected chi connectivity index (χ3v) is 5.91. The van der Waals surface area contributed by atoms with Crippen LogP contribution < -0.4 is 0 Å². The van der Waals surface area contributed by atoms with Crippen molar-refractivity contribution in [1.29, 1.82) is 0 Å². The van der Waals surface area contributed by atoms with Gasteiger partial charge in [0.05, 0.1) is 12.8 Å². The van der Waals surface area contributed by atoms with E-state index in [0.717, 1.165) is 19.3 Å². The third-order valence-electron chi connectivity index (χ3n) is 5.05. The first kappa shape index (κ1) is 18.1. The zero-order chi connectivity index (χ0) is 17.3. The fraction of sp³-hybridized carbons (Fsp3) is 0.867. The molecular formula is C15H25N3O5S. The monoisotopic (exact) mass is 359 g/mol. The van der Waals surface area contributed by atoms with Gasteiger partial charge in [-0.1, -0.05) is 24.5 Å². The molecule has 9 heteroatoms. The molecule has 2 fully saturated rings. The molecule has 1 saturated heterocycles. The van der Waals surface area contributed by atoms with Gasteiger partial charge in [-0.2, -0.15) is 0 Å². The second-order valence-electron chi connectivity index (χ2n) is 6.61. The zero-order valence-corrected chi connectivity index (χ0v) is 14.5. The van der Waals surface area contributed by atoms with Crippen LogP contribution in [0.5, 0.6) is 0 Å². The van der Waals surface area contributed by atoms with Crippen LogP contribution in [0.4, 0.5) is 0 Å². The van der Waals surface area contributed by atoms with Gasteiger partial charge in [-0.25, -0.2) is 4.68 Å². The van der Waals surface area contributed by atoms with Gasteiger partial charge in [0.15, 0.2) is 0 Å². The van der Waals surface area contributed by atoms with Crippen molar-refractivity contribution >= 4 is 11.8 Å². The van der Waals surface area contributed by atoms with Crippen LogP contribution in [0.1, 0.15) is 43.8 Å². The van der Waals surface area contributed by atoms with Crippen LogP contribution in [-0.2, 0) is 10.3 Å². The number of aliphatic hydroxyl groups is 4. The van der Waals surface area contributed by atoms with Crippen LogP contribution in [0.25, 0.3) is 0 Å². The van der Waals surface area contributed by atoms with Crippen molar-refractivity contribution in [2.45, 2.75) is 67.5 Å². The van der Waals surface area contributed by atoms with E-state index in [1.54, 1.807) is 12.5 Å². The number of hydrogen-bond donors (Lipinski definition) is 4. The summed E-state index contributed by atoms with van der Waals surface area (Å²) in [6, 6.07) is -0.790. The minimum absolute atomic E-state index is 0.354. The Balaban J connectivity index is 1.86. The highest BCUT2D eigenvalue weighted by Gasteiger charge is 2.46. The van der Waals surface area contributed by atoms with Crippen molar-refractivity contribution in [2.24, 2.45) is 0 Å². The van der Waals surface area contributed by atoms with Crippen molar-refractivity contribution in [3.63, 3.8) is 0 Å². The summed E-state index contributed by atoms with van der Waals surface area (Å²) in [5.41, 5.74) is -1.11. The van der Waals surface area contributed by atoms with Gasteiger partial charge in [0.1, 0.15) is 41.1 Å². The Hall–Kier alpha value is -0.710.